The van der Waals surface area contributed by atoms with Crippen LogP contribution in [0.4, 0.5) is 0 Å². The molecule has 0 radical (unpaired) electrons. The van der Waals surface area contributed by atoms with Gasteiger partial charge in [0.05, 0.1) is 11.1 Å². The number of amides is 1. The molecule has 3 rings (SSSR count). The average molecular weight is 294 g/mol. The van der Waals surface area contributed by atoms with Gasteiger partial charge in [-0.1, -0.05) is 19.3 Å². The largest absolute Gasteiger partial charge is 0.376 e. The lowest BCUT2D eigenvalue weighted by molar-refractivity contribution is 0.0854. The summed E-state index contributed by atoms with van der Waals surface area (Å²) >= 11 is 1.64. The van der Waals surface area contributed by atoms with Gasteiger partial charge in [-0.3, -0.25) is 4.79 Å². The molecule has 0 bridgehead atoms. The van der Waals surface area contributed by atoms with E-state index in [2.05, 4.69) is 10.3 Å². The fourth-order valence-corrected chi connectivity index (χ4v) is 4.00. The summed E-state index contributed by atoms with van der Waals surface area (Å²) in [6.45, 7) is 1.43. The molecule has 2 aliphatic rings. The monoisotopic (exact) mass is 294 g/mol. The molecule has 1 aromatic rings. The number of aromatic nitrogens is 1. The fourth-order valence-electron chi connectivity index (χ4n) is 3.03. The van der Waals surface area contributed by atoms with Crippen LogP contribution in [0.25, 0.3) is 0 Å². The van der Waals surface area contributed by atoms with Crippen molar-refractivity contribution in [2.75, 3.05) is 13.2 Å². The minimum absolute atomic E-state index is 0.0567. The third-order valence-corrected chi connectivity index (χ3v) is 5.23. The topological polar surface area (TPSA) is 51.2 Å². The first-order chi connectivity index (χ1) is 9.83. The van der Waals surface area contributed by atoms with Gasteiger partial charge < -0.3 is 10.1 Å². The maximum atomic E-state index is 12.1. The number of nitrogens with one attached hydrogen (secondary N) is 1. The molecule has 0 spiro atoms. The molecule has 20 heavy (non-hydrogen) atoms. The van der Waals surface area contributed by atoms with Gasteiger partial charge in [0.1, 0.15) is 5.69 Å². The van der Waals surface area contributed by atoms with E-state index in [4.69, 9.17) is 4.74 Å². The van der Waals surface area contributed by atoms with Crippen LogP contribution < -0.4 is 5.32 Å². The molecule has 2 heterocycles. The maximum Gasteiger partial charge on any atom is 0.270 e. The quantitative estimate of drug-likeness (QED) is 0.928. The molecule has 1 aliphatic heterocycles. The summed E-state index contributed by atoms with van der Waals surface area (Å²) in [5.74, 6) is 0.521. The summed E-state index contributed by atoms with van der Waals surface area (Å²) in [7, 11) is 0. The first kappa shape index (κ1) is 14.0. The Kier molecular flexibility index (Phi) is 4.68. The van der Waals surface area contributed by atoms with Crippen LogP contribution in [-0.2, 0) is 4.74 Å². The smallest absolute Gasteiger partial charge is 0.270 e. The van der Waals surface area contributed by atoms with Gasteiger partial charge in [0.2, 0.25) is 0 Å². The summed E-state index contributed by atoms with van der Waals surface area (Å²) in [4.78, 5) is 16.6. The molecule has 1 aliphatic carbocycles. The van der Waals surface area contributed by atoms with E-state index in [1.54, 1.807) is 11.3 Å². The Labute approximate surface area is 123 Å². The van der Waals surface area contributed by atoms with Crippen LogP contribution in [0, 0.1) is 0 Å². The van der Waals surface area contributed by atoms with Crippen LogP contribution in [0.3, 0.4) is 0 Å². The number of nitrogens with zero attached hydrogens (tertiary/aromatic N) is 1. The third-order valence-electron chi connectivity index (χ3n) is 4.22. The van der Waals surface area contributed by atoms with E-state index in [1.165, 1.54) is 32.1 Å². The van der Waals surface area contributed by atoms with E-state index in [-0.39, 0.29) is 12.0 Å². The Balaban J connectivity index is 1.53. The van der Waals surface area contributed by atoms with Crippen LogP contribution in [0.2, 0.25) is 0 Å². The second-order valence-electron chi connectivity index (χ2n) is 5.75. The zero-order valence-corrected chi connectivity index (χ0v) is 12.6. The number of hydrogen-bond donors (Lipinski definition) is 1. The molecule has 1 N–H and O–H groups in total. The van der Waals surface area contributed by atoms with Crippen LogP contribution in [-0.4, -0.2) is 30.1 Å². The molecular formula is C15H22N2O2S. The third kappa shape index (κ3) is 3.38. The van der Waals surface area contributed by atoms with Crippen molar-refractivity contribution in [2.45, 2.75) is 57.0 Å². The SMILES string of the molecule is O=C(NCC1CCCO1)c1csc(C2CCCCC2)n1. The lowest BCUT2D eigenvalue weighted by Gasteiger charge is -2.18. The van der Waals surface area contributed by atoms with Crippen molar-refractivity contribution in [1.29, 1.82) is 0 Å². The number of hydrogen-bond acceptors (Lipinski definition) is 4. The lowest BCUT2D eigenvalue weighted by Crippen LogP contribution is -2.31. The molecule has 1 amide bonds. The number of carbonyl (C=O) groups excluding carboxylic acids is 1. The minimum Gasteiger partial charge on any atom is -0.376 e. The molecule has 1 saturated heterocycles. The van der Waals surface area contributed by atoms with E-state index in [9.17, 15) is 4.79 Å². The molecule has 110 valence electrons. The Morgan fingerprint density at radius 1 is 1.30 bits per heavy atom. The van der Waals surface area contributed by atoms with Crippen LogP contribution in [0.15, 0.2) is 5.38 Å². The molecule has 1 aromatic heterocycles. The summed E-state index contributed by atoms with van der Waals surface area (Å²) < 4.78 is 5.51. The standard InChI is InChI=1S/C15H22N2O2S/c18-14(16-9-12-7-4-8-19-12)13-10-20-15(17-13)11-5-2-1-3-6-11/h10-12H,1-9H2,(H,16,18). The molecule has 5 heteroatoms. The Bertz CT molecular complexity index is 448. The summed E-state index contributed by atoms with van der Waals surface area (Å²) in [6, 6.07) is 0. The van der Waals surface area contributed by atoms with Crippen molar-refractivity contribution in [3.05, 3.63) is 16.1 Å². The van der Waals surface area contributed by atoms with Crippen molar-refractivity contribution in [1.82, 2.24) is 10.3 Å². The van der Waals surface area contributed by atoms with Crippen LogP contribution in [0.5, 0.6) is 0 Å². The predicted molar refractivity (Wildman–Crippen MR) is 79.2 cm³/mol. The average Bonchev–Trinajstić information content (AvgIpc) is 3.17. The zero-order valence-electron chi connectivity index (χ0n) is 11.8. The van der Waals surface area contributed by atoms with Crippen molar-refractivity contribution >= 4 is 17.2 Å². The molecule has 0 aromatic carbocycles. The molecule has 2 fully saturated rings. The number of ether oxygens (including phenoxy) is 1. The van der Waals surface area contributed by atoms with Crippen LogP contribution in [0.1, 0.15) is 66.4 Å². The predicted octanol–water partition coefficient (Wildman–Crippen LogP) is 3.10. The van der Waals surface area contributed by atoms with Crippen molar-refractivity contribution in [2.24, 2.45) is 0 Å². The highest BCUT2D eigenvalue weighted by atomic mass is 32.1. The van der Waals surface area contributed by atoms with Gasteiger partial charge in [0.25, 0.3) is 5.91 Å². The number of rotatable bonds is 4. The molecule has 1 saturated carbocycles. The molecule has 4 nitrogen and oxygen atoms in total. The van der Waals surface area contributed by atoms with E-state index in [0.717, 1.165) is 24.5 Å². The lowest BCUT2D eigenvalue weighted by atomic mass is 9.90. The van der Waals surface area contributed by atoms with Gasteiger partial charge in [0, 0.05) is 24.4 Å². The van der Waals surface area contributed by atoms with Gasteiger partial charge in [-0.05, 0) is 25.7 Å². The molecular weight excluding hydrogens is 272 g/mol. The first-order valence-electron chi connectivity index (χ1n) is 7.68. The van der Waals surface area contributed by atoms with Gasteiger partial charge in [-0.25, -0.2) is 4.98 Å². The Morgan fingerprint density at radius 3 is 2.90 bits per heavy atom. The molecule has 1 unspecified atom stereocenters. The second kappa shape index (κ2) is 6.68. The van der Waals surface area contributed by atoms with E-state index in [1.807, 2.05) is 5.38 Å². The molecule has 1 atom stereocenters. The van der Waals surface area contributed by atoms with Gasteiger partial charge >= 0.3 is 0 Å². The van der Waals surface area contributed by atoms with Crippen LogP contribution >= 0.6 is 11.3 Å². The summed E-state index contributed by atoms with van der Waals surface area (Å²) in [6.07, 6.45) is 8.73. The normalized spacial score (nSPS) is 23.9. The second-order valence-corrected chi connectivity index (χ2v) is 6.64. The highest BCUT2D eigenvalue weighted by Gasteiger charge is 2.21. The Morgan fingerprint density at radius 2 is 2.15 bits per heavy atom. The van der Waals surface area contributed by atoms with E-state index < -0.39 is 0 Å². The fraction of sp³-hybridized carbons (Fsp3) is 0.733. The van der Waals surface area contributed by atoms with E-state index in [0.29, 0.717) is 18.2 Å². The summed E-state index contributed by atoms with van der Waals surface area (Å²) in [5.41, 5.74) is 0.577. The maximum absolute atomic E-state index is 12.1. The van der Waals surface area contributed by atoms with Gasteiger partial charge in [-0.2, -0.15) is 0 Å². The van der Waals surface area contributed by atoms with Crippen molar-refractivity contribution in [3.8, 4) is 0 Å². The van der Waals surface area contributed by atoms with E-state index >= 15 is 0 Å². The number of thiazole rings is 1. The highest BCUT2D eigenvalue weighted by Crippen LogP contribution is 2.34. The first-order valence-corrected chi connectivity index (χ1v) is 8.56. The highest BCUT2D eigenvalue weighted by molar-refractivity contribution is 7.09. The van der Waals surface area contributed by atoms with Crippen molar-refractivity contribution in [3.63, 3.8) is 0 Å². The Hall–Kier alpha value is -0.940. The zero-order chi connectivity index (χ0) is 13.8. The number of carbonyl (C=O) groups is 1. The van der Waals surface area contributed by atoms with Crippen molar-refractivity contribution < 1.29 is 9.53 Å². The minimum atomic E-state index is -0.0567. The summed E-state index contributed by atoms with van der Waals surface area (Å²) in [5, 5.41) is 5.98. The van der Waals surface area contributed by atoms with Gasteiger partial charge in [-0.15, -0.1) is 11.3 Å². The van der Waals surface area contributed by atoms with Gasteiger partial charge in [0.15, 0.2) is 0 Å².